The van der Waals surface area contributed by atoms with Gasteiger partial charge in [0.15, 0.2) is 6.29 Å². The van der Waals surface area contributed by atoms with E-state index >= 15 is 0 Å². The maximum absolute atomic E-state index is 10.0. The summed E-state index contributed by atoms with van der Waals surface area (Å²) in [5, 5.41) is 67.4. The van der Waals surface area contributed by atoms with Gasteiger partial charge in [0.1, 0.15) is 55.1 Å². The quantitative estimate of drug-likeness (QED) is 0.243. The molecule has 2 fully saturated rings. The highest BCUT2D eigenvalue weighted by atomic mass is 16.7. The first-order valence-electron chi connectivity index (χ1n) is 7.15. The standard InChI is InChI=1S/C12H23NO10/c13-11-8(19)7(18)10(4(2-15)21-11)23-12-9(20)6(17)5(16)3(1-14)22-12/h3-12,14-20H,1-2,13H2/t3-,4?,5+,6+,7-,8-,9-,10-,11-,12+/m1/s1. The van der Waals surface area contributed by atoms with Crippen LogP contribution in [0, 0.1) is 0 Å². The molecule has 1 unspecified atom stereocenters. The Bertz CT molecular complexity index is 383. The first-order chi connectivity index (χ1) is 10.8. The summed E-state index contributed by atoms with van der Waals surface area (Å²) >= 11 is 0. The second-order valence-corrected chi connectivity index (χ2v) is 5.60. The Kier molecular flexibility index (Phi) is 6.27. The normalized spacial score (nSPS) is 51.7. The fourth-order valence-electron chi connectivity index (χ4n) is 2.62. The van der Waals surface area contributed by atoms with Gasteiger partial charge in [-0.2, -0.15) is 0 Å². The van der Waals surface area contributed by atoms with Crippen LogP contribution < -0.4 is 5.73 Å². The number of rotatable bonds is 4. The van der Waals surface area contributed by atoms with Crippen LogP contribution >= 0.6 is 0 Å². The van der Waals surface area contributed by atoms with Gasteiger partial charge in [0.2, 0.25) is 0 Å². The fraction of sp³-hybridized carbons (Fsp3) is 1.00. The van der Waals surface area contributed by atoms with E-state index in [0.29, 0.717) is 0 Å². The molecule has 2 aliphatic rings. The van der Waals surface area contributed by atoms with E-state index in [9.17, 15) is 30.6 Å². The molecule has 2 aliphatic heterocycles. The number of hydrogen-bond donors (Lipinski definition) is 8. The van der Waals surface area contributed by atoms with Crippen LogP contribution in [0.5, 0.6) is 0 Å². The summed E-state index contributed by atoms with van der Waals surface area (Å²) in [5.74, 6) is 0. The second kappa shape index (κ2) is 7.63. The molecule has 11 nitrogen and oxygen atoms in total. The molecule has 0 amide bonds. The van der Waals surface area contributed by atoms with Crippen LogP contribution in [-0.2, 0) is 14.2 Å². The summed E-state index contributed by atoms with van der Waals surface area (Å²) in [7, 11) is 0. The Labute approximate surface area is 131 Å². The van der Waals surface area contributed by atoms with Gasteiger partial charge in [0.25, 0.3) is 0 Å². The maximum atomic E-state index is 10.0. The summed E-state index contributed by atoms with van der Waals surface area (Å²) in [6.45, 7) is -1.25. The van der Waals surface area contributed by atoms with Gasteiger partial charge < -0.3 is 55.7 Å². The molecule has 2 rings (SSSR count). The Morgan fingerprint density at radius 2 is 1.35 bits per heavy atom. The molecule has 2 saturated heterocycles. The first kappa shape index (κ1) is 18.9. The zero-order chi connectivity index (χ0) is 17.3. The van der Waals surface area contributed by atoms with E-state index in [-0.39, 0.29) is 0 Å². The van der Waals surface area contributed by atoms with Crippen molar-refractivity contribution in [2.45, 2.75) is 61.3 Å². The highest BCUT2D eigenvalue weighted by Crippen LogP contribution is 2.28. The number of aliphatic hydroxyl groups excluding tert-OH is 7. The van der Waals surface area contributed by atoms with E-state index in [2.05, 4.69) is 0 Å². The molecule has 0 aromatic rings. The van der Waals surface area contributed by atoms with Crippen LogP contribution in [0.1, 0.15) is 0 Å². The molecule has 9 N–H and O–H groups in total. The van der Waals surface area contributed by atoms with E-state index in [4.69, 9.17) is 25.1 Å². The van der Waals surface area contributed by atoms with Crippen molar-refractivity contribution >= 4 is 0 Å². The van der Waals surface area contributed by atoms with E-state index in [1.165, 1.54) is 0 Å². The van der Waals surface area contributed by atoms with Crippen molar-refractivity contribution in [2.24, 2.45) is 5.73 Å². The third-order valence-corrected chi connectivity index (χ3v) is 4.04. The molecule has 0 radical (unpaired) electrons. The Balaban J connectivity index is 2.11. The van der Waals surface area contributed by atoms with Crippen molar-refractivity contribution in [1.82, 2.24) is 0 Å². The van der Waals surface area contributed by atoms with E-state index in [1.54, 1.807) is 0 Å². The van der Waals surface area contributed by atoms with E-state index < -0.39 is 74.6 Å². The van der Waals surface area contributed by atoms with Gasteiger partial charge in [-0.3, -0.25) is 0 Å². The van der Waals surface area contributed by atoms with Crippen molar-refractivity contribution in [3.8, 4) is 0 Å². The van der Waals surface area contributed by atoms with E-state index in [0.717, 1.165) is 0 Å². The topological polar surface area (TPSA) is 195 Å². The van der Waals surface area contributed by atoms with Gasteiger partial charge in [-0.25, -0.2) is 0 Å². The second-order valence-electron chi connectivity index (χ2n) is 5.60. The van der Waals surface area contributed by atoms with Crippen LogP contribution in [0.2, 0.25) is 0 Å². The summed E-state index contributed by atoms with van der Waals surface area (Å²) in [6.07, 6.45) is -14.4. The van der Waals surface area contributed by atoms with Gasteiger partial charge in [-0.15, -0.1) is 0 Å². The summed E-state index contributed by atoms with van der Waals surface area (Å²) in [4.78, 5) is 0. The van der Waals surface area contributed by atoms with Crippen molar-refractivity contribution in [3.05, 3.63) is 0 Å². The zero-order valence-corrected chi connectivity index (χ0v) is 12.1. The van der Waals surface area contributed by atoms with Crippen molar-refractivity contribution in [3.63, 3.8) is 0 Å². The molecule has 0 aliphatic carbocycles. The molecule has 136 valence electrons. The summed E-state index contributed by atoms with van der Waals surface area (Å²) < 4.78 is 15.6. The van der Waals surface area contributed by atoms with Gasteiger partial charge in [0, 0.05) is 0 Å². The lowest BCUT2D eigenvalue weighted by atomic mass is 9.96. The van der Waals surface area contributed by atoms with Gasteiger partial charge in [-0.1, -0.05) is 0 Å². The molecule has 0 aromatic heterocycles. The number of hydrogen-bond acceptors (Lipinski definition) is 11. The fourth-order valence-corrected chi connectivity index (χ4v) is 2.62. The Hall–Kier alpha value is -0.440. The highest BCUT2D eigenvalue weighted by Gasteiger charge is 2.49. The minimum atomic E-state index is -1.69. The first-order valence-corrected chi connectivity index (χ1v) is 7.15. The molecule has 0 spiro atoms. The number of ether oxygens (including phenoxy) is 3. The predicted molar refractivity (Wildman–Crippen MR) is 70.6 cm³/mol. The molecular formula is C12H23NO10. The van der Waals surface area contributed by atoms with Crippen LogP contribution in [-0.4, -0.2) is 110 Å². The third kappa shape index (κ3) is 3.65. The third-order valence-electron chi connectivity index (χ3n) is 4.04. The Morgan fingerprint density at radius 1 is 0.739 bits per heavy atom. The van der Waals surface area contributed by atoms with E-state index in [1.807, 2.05) is 0 Å². The van der Waals surface area contributed by atoms with Crippen LogP contribution in [0.25, 0.3) is 0 Å². The number of aliphatic hydroxyl groups is 7. The minimum Gasteiger partial charge on any atom is -0.394 e. The molecule has 11 heteroatoms. The SMILES string of the molecule is N[C@@H]1OC(CO)[C@@H](O[C@@H]2O[C@H](CO)[C@H](O)[C@H](O)[C@H]2O)[C@H](O)[C@H]1O. The van der Waals surface area contributed by atoms with Gasteiger partial charge in [-0.05, 0) is 0 Å². The predicted octanol–water partition coefficient (Wildman–Crippen LogP) is -5.43. The largest absolute Gasteiger partial charge is 0.394 e. The molecular weight excluding hydrogens is 318 g/mol. The monoisotopic (exact) mass is 341 g/mol. The molecule has 0 aromatic carbocycles. The van der Waals surface area contributed by atoms with Crippen molar-refractivity contribution < 1.29 is 50.0 Å². The summed E-state index contributed by atoms with van der Waals surface area (Å²) in [5.41, 5.74) is 5.46. The zero-order valence-electron chi connectivity index (χ0n) is 12.1. The van der Waals surface area contributed by atoms with Gasteiger partial charge in [0.05, 0.1) is 13.2 Å². The smallest absolute Gasteiger partial charge is 0.187 e. The van der Waals surface area contributed by atoms with Crippen LogP contribution in [0.15, 0.2) is 0 Å². The summed E-state index contributed by atoms with van der Waals surface area (Å²) in [6, 6.07) is 0. The lowest BCUT2D eigenvalue weighted by Crippen LogP contribution is -2.65. The maximum Gasteiger partial charge on any atom is 0.187 e. The molecule has 10 atom stereocenters. The van der Waals surface area contributed by atoms with Crippen molar-refractivity contribution in [1.29, 1.82) is 0 Å². The average molecular weight is 341 g/mol. The Morgan fingerprint density at radius 3 is 1.91 bits per heavy atom. The average Bonchev–Trinajstić information content (AvgIpc) is 2.55. The lowest BCUT2D eigenvalue weighted by molar-refractivity contribution is -0.341. The van der Waals surface area contributed by atoms with Crippen molar-refractivity contribution in [2.75, 3.05) is 13.2 Å². The molecule has 2 heterocycles. The molecule has 0 saturated carbocycles. The molecule has 0 bridgehead atoms. The minimum absolute atomic E-state index is 0.598. The lowest BCUT2D eigenvalue weighted by Gasteiger charge is -2.45. The van der Waals surface area contributed by atoms with Gasteiger partial charge >= 0.3 is 0 Å². The van der Waals surface area contributed by atoms with Crippen LogP contribution in [0.3, 0.4) is 0 Å². The number of nitrogens with two attached hydrogens (primary N) is 1. The highest BCUT2D eigenvalue weighted by molar-refractivity contribution is 4.94. The van der Waals surface area contributed by atoms with Crippen LogP contribution in [0.4, 0.5) is 0 Å². The molecule has 23 heavy (non-hydrogen) atoms.